The van der Waals surface area contributed by atoms with Gasteiger partial charge in [-0.3, -0.25) is 4.79 Å². The Morgan fingerprint density at radius 3 is 2.43 bits per heavy atom. The quantitative estimate of drug-likeness (QED) is 0.761. The smallest absolute Gasteiger partial charge is 0.399 e. The molecule has 0 heterocycles. The van der Waals surface area contributed by atoms with Gasteiger partial charge in [-0.25, -0.2) is 0 Å². The normalized spacial score (nSPS) is 11.2. The monoisotopic (exact) mass is 295 g/mol. The lowest BCUT2D eigenvalue weighted by atomic mass is 10.1. The number of hydrogen-bond acceptors (Lipinski definition) is 3. The number of nitrogens with one attached hydrogen (secondary N) is 1. The van der Waals surface area contributed by atoms with Crippen molar-refractivity contribution in [2.24, 2.45) is 5.73 Å². The minimum atomic E-state index is -4.44. The van der Waals surface area contributed by atoms with E-state index in [1.807, 2.05) is 0 Å². The molecule has 2 aromatic carbocycles. The number of nitrogen functional groups attached to an aromatic ring is 1. The molecule has 2 rings (SSSR count). The summed E-state index contributed by atoms with van der Waals surface area (Å²) in [6.07, 6.45) is -4.44. The molecule has 0 saturated carbocycles. The fourth-order valence-electron chi connectivity index (χ4n) is 1.81. The van der Waals surface area contributed by atoms with Gasteiger partial charge >= 0.3 is 6.18 Å². The van der Waals surface area contributed by atoms with Crippen molar-refractivity contribution in [1.29, 1.82) is 0 Å². The summed E-state index contributed by atoms with van der Waals surface area (Å²) in [6.45, 7) is 0. The zero-order valence-electron chi connectivity index (χ0n) is 10.7. The largest absolute Gasteiger partial charge is 0.416 e. The van der Waals surface area contributed by atoms with Crippen LogP contribution < -0.4 is 16.8 Å². The number of carbonyl (C=O) groups is 1. The van der Waals surface area contributed by atoms with Crippen molar-refractivity contribution in [2.75, 3.05) is 11.1 Å². The molecular weight excluding hydrogens is 283 g/mol. The van der Waals surface area contributed by atoms with Crippen molar-refractivity contribution < 1.29 is 18.0 Å². The average Bonchev–Trinajstić information content (AvgIpc) is 2.37. The Kier molecular flexibility index (Phi) is 3.75. The van der Waals surface area contributed by atoms with Crippen molar-refractivity contribution in [2.45, 2.75) is 6.18 Å². The van der Waals surface area contributed by atoms with Gasteiger partial charge in [-0.2, -0.15) is 13.2 Å². The Morgan fingerprint density at radius 2 is 1.81 bits per heavy atom. The third-order valence-corrected chi connectivity index (χ3v) is 2.78. The molecule has 4 nitrogen and oxygen atoms in total. The zero-order valence-corrected chi connectivity index (χ0v) is 10.7. The van der Waals surface area contributed by atoms with Gasteiger partial charge in [-0.15, -0.1) is 0 Å². The van der Waals surface area contributed by atoms with E-state index in [0.29, 0.717) is 5.69 Å². The van der Waals surface area contributed by atoms with Crippen LogP contribution in [-0.4, -0.2) is 5.91 Å². The first-order valence-electron chi connectivity index (χ1n) is 5.91. The standard InChI is InChI=1S/C14H12F3N3O/c15-14(16,17)8-2-1-3-10(6-8)20-12-7-9(18)4-5-11(12)13(19)21/h1-7,20H,18H2,(H2,19,21). The maximum Gasteiger partial charge on any atom is 0.416 e. The van der Waals surface area contributed by atoms with Crippen molar-refractivity contribution in [3.05, 3.63) is 53.6 Å². The van der Waals surface area contributed by atoms with Crippen molar-refractivity contribution in [3.63, 3.8) is 0 Å². The maximum absolute atomic E-state index is 12.7. The number of nitrogens with two attached hydrogens (primary N) is 2. The summed E-state index contributed by atoms with van der Waals surface area (Å²) in [7, 11) is 0. The van der Waals surface area contributed by atoms with Gasteiger partial charge < -0.3 is 16.8 Å². The molecule has 5 N–H and O–H groups in total. The Bertz CT molecular complexity index is 683. The molecule has 0 unspecified atom stereocenters. The van der Waals surface area contributed by atoms with Gasteiger partial charge in [0.15, 0.2) is 0 Å². The molecule has 0 saturated heterocycles. The van der Waals surface area contributed by atoms with Crippen LogP contribution in [0.3, 0.4) is 0 Å². The van der Waals surface area contributed by atoms with Gasteiger partial charge in [-0.05, 0) is 36.4 Å². The van der Waals surface area contributed by atoms with E-state index in [1.54, 1.807) is 0 Å². The number of anilines is 3. The van der Waals surface area contributed by atoms with Gasteiger partial charge in [0.05, 0.1) is 16.8 Å². The highest BCUT2D eigenvalue weighted by Crippen LogP contribution is 2.32. The number of hydrogen-bond donors (Lipinski definition) is 3. The van der Waals surface area contributed by atoms with E-state index >= 15 is 0 Å². The van der Waals surface area contributed by atoms with Gasteiger partial charge in [-0.1, -0.05) is 6.07 Å². The first-order valence-corrected chi connectivity index (χ1v) is 5.91. The molecule has 2 aromatic rings. The molecule has 0 atom stereocenters. The summed E-state index contributed by atoms with van der Waals surface area (Å²) >= 11 is 0. The molecule has 0 aliphatic heterocycles. The molecule has 0 fully saturated rings. The summed E-state index contributed by atoms with van der Waals surface area (Å²) in [5.41, 5.74) is 11.0. The first kappa shape index (κ1) is 14.7. The van der Waals surface area contributed by atoms with Gasteiger partial charge in [0.1, 0.15) is 0 Å². The van der Waals surface area contributed by atoms with Crippen molar-refractivity contribution in [3.8, 4) is 0 Å². The lowest BCUT2D eigenvalue weighted by Crippen LogP contribution is -2.13. The van der Waals surface area contributed by atoms with Crippen LogP contribution in [0.4, 0.5) is 30.2 Å². The summed E-state index contributed by atoms with van der Waals surface area (Å²) in [4.78, 5) is 11.3. The molecule has 0 aliphatic carbocycles. The summed E-state index contributed by atoms with van der Waals surface area (Å²) in [5.74, 6) is -0.704. The van der Waals surface area contributed by atoms with E-state index in [0.717, 1.165) is 12.1 Å². The third-order valence-electron chi connectivity index (χ3n) is 2.78. The predicted octanol–water partition coefficient (Wildman–Crippen LogP) is 3.13. The van der Waals surface area contributed by atoms with E-state index < -0.39 is 17.6 Å². The molecule has 0 bridgehead atoms. The van der Waals surface area contributed by atoms with Crippen LogP contribution in [0.25, 0.3) is 0 Å². The van der Waals surface area contributed by atoms with Crippen LogP contribution in [0, 0.1) is 0 Å². The van der Waals surface area contributed by atoms with Crippen molar-refractivity contribution >= 4 is 23.0 Å². The second-order valence-electron chi connectivity index (χ2n) is 4.37. The topological polar surface area (TPSA) is 81.1 Å². The molecule has 1 amide bonds. The Morgan fingerprint density at radius 1 is 1.10 bits per heavy atom. The molecule has 7 heteroatoms. The van der Waals surface area contributed by atoms with Crippen LogP contribution in [0.1, 0.15) is 15.9 Å². The van der Waals surface area contributed by atoms with Crippen LogP contribution in [0.2, 0.25) is 0 Å². The van der Waals surface area contributed by atoms with Gasteiger partial charge in [0.2, 0.25) is 0 Å². The number of amides is 1. The van der Waals surface area contributed by atoms with E-state index in [9.17, 15) is 18.0 Å². The van der Waals surface area contributed by atoms with E-state index in [-0.39, 0.29) is 16.9 Å². The highest BCUT2D eigenvalue weighted by Gasteiger charge is 2.30. The van der Waals surface area contributed by atoms with E-state index in [1.165, 1.54) is 30.3 Å². The molecule has 0 spiro atoms. The Labute approximate surface area is 118 Å². The van der Waals surface area contributed by atoms with Crippen LogP contribution in [-0.2, 0) is 6.18 Å². The summed E-state index contributed by atoms with van der Waals surface area (Å²) in [5, 5.41) is 2.73. The number of primary amides is 1. The second kappa shape index (κ2) is 5.35. The molecule has 110 valence electrons. The van der Waals surface area contributed by atoms with E-state index in [2.05, 4.69) is 5.32 Å². The highest BCUT2D eigenvalue weighted by molar-refractivity contribution is 5.99. The summed E-state index contributed by atoms with van der Waals surface area (Å²) in [6, 6.07) is 8.93. The molecule has 0 aliphatic rings. The first-order chi connectivity index (χ1) is 9.77. The van der Waals surface area contributed by atoms with Gasteiger partial charge in [0.25, 0.3) is 5.91 Å². The number of benzene rings is 2. The van der Waals surface area contributed by atoms with Crippen molar-refractivity contribution in [1.82, 2.24) is 0 Å². The maximum atomic E-state index is 12.7. The minimum Gasteiger partial charge on any atom is -0.399 e. The zero-order chi connectivity index (χ0) is 15.6. The average molecular weight is 295 g/mol. The van der Waals surface area contributed by atoms with Gasteiger partial charge in [0, 0.05) is 11.4 Å². The minimum absolute atomic E-state index is 0.140. The Hall–Kier alpha value is -2.70. The fraction of sp³-hybridized carbons (Fsp3) is 0.0714. The number of alkyl halides is 3. The lowest BCUT2D eigenvalue weighted by Gasteiger charge is -2.13. The van der Waals surface area contributed by atoms with Crippen LogP contribution in [0.5, 0.6) is 0 Å². The van der Waals surface area contributed by atoms with E-state index in [4.69, 9.17) is 11.5 Å². The lowest BCUT2D eigenvalue weighted by molar-refractivity contribution is -0.137. The second-order valence-corrected chi connectivity index (χ2v) is 4.37. The van der Waals surface area contributed by atoms with Crippen LogP contribution in [0.15, 0.2) is 42.5 Å². The van der Waals surface area contributed by atoms with Crippen LogP contribution >= 0.6 is 0 Å². The number of carbonyl (C=O) groups excluding carboxylic acids is 1. The predicted molar refractivity (Wildman–Crippen MR) is 74.1 cm³/mol. The molecule has 0 aromatic heterocycles. The highest BCUT2D eigenvalue weighted by atomic mass is 19.4. The number of halogens is 3. The third kappa shape index (κ3) is 3.44. The molecule has 0 radical (unpaired) electrons. The summed E-state index contributed by atoms with van der Waals surface area (Å²) < 4.78 is 38.0. The SMILES string of the molecule is NC(=O)c1ccc(N)cc1Nc1cccc(C(F)(F)F)c1. The number of rotatable bonds is 3. The fourth-order valence-corrected chi connectivity index (χ4v) is 1.81. The molecule has 21 heavy (non-hydrogen) atoms. The Balaban J connectivity index is 2.39. The molecular formula is C14H12F3N3O.